The zero-order chi connectivity index (χ0) is 14.8. The largest absolute Gasteiger partial charge is 0.389 e. The number of aliphatic hydroxyl groups excluding tert-OH is 1. The van der Waals surface area contributed by atoms with Crippen LogP contribution in [0.2, 0.25) is 0 Å². The van der Waals surface area contributed by atoms with Crippen molar-refractivity contribution in [2.75, 3.05) is 36.0 Å². The second-order valence-corrected chi connectivity index (χ2v) is 6.90. The van der Waals surface area contributed by atoms with Crippen molar-refractivity contribution in [3.63, 3.8) is 0 Å². The van der Waals surface area contributed by atoms with E-state index >= 15 is 0 Å². The van der Waals surface area contributed by atoms with Gasteiger partial charge in [-0.05, 0) is 40.5 Å². The molecule has 0 aliphatic carbocycles. The van der Waals surface area contributed by atoms with Gasteiger partial charge in [-0.2, -0.15) is 0 Å². The first kappa shape index (κ1) is 14.8. The normalized spacial score (nSPS) is 17.1. The zero-order valence-corrected chi connectivity index (χ0v) is 14.3. The summed E-state index contributed by atoms with van der Waals surface area (Å²) in [5, 5.41) is 12.8. The molecule has 3 rings (SSSR count). The lowest BCUT2D eigenvalue weighted by atomic mass is 10.1. The van der Waals surface area contributed by atoms with Gasteiger partial charge in [0.1, 0.15) is 0 Å². The number of piperazine rings is 1. The average Bonchev–Trinajstić information content (AvgIpc) is 3.01. The molecule has 0 unspecified atom stereocenters. The number of benzene rings is 1. The number of nitrogens with zero attached hydrogens (tertiary/aromatic N) is 3. The fourth-order valence-electron chi connectivity index (χ4n) is 2.55. The van der Waals surface area contributed by atoms with Crippen LogP contribution >= 0.6 is 27.3 Å². The van der Waals surface area contributed by atoms with Crippen LogP contribution in [-0.4, -0.2) is 36.3 Å². The molecule has 1 atom stereocenters. The Kier molecular flexibility index (Phi) is 4.47. The summed E-state index contributed by atoms with van der Waals surface area (Å²) in [5.41, 5.74) is 2.13. The molecule has 21 heavy (non-hydrogen) atoms. The van der Waals surface area contributed by atoms with Gasteiger partial charge in [0.2, 0.25) is 0 Å². The predicted octanol–water partition coefficient (Wildman–Crippen LogP) is 3.29. The summed E-state index contributed by atoms with van der Waals surface area (Å²) in [6, 6.07) is 6.09. The third kappa shape index (κ3) is 3.22. The summed E-state index contributed by atoms with van der Waals surface area (Å²) in [6.07, 6.45) is 1.43. The second kappa shape index (κ2) is 6.34. The van der Waals surface area contributed by atoms with Gasteiger partial charge >= 0.3 is 0 Å². The van der Waals surface area contributed by atoms with Gasteiger partial charge < -0.3 is 14.9 Å². The minimum absolute atomic E-state index is 0.433. The lowest BCUT2D eigenvalue weighted by Gasteiger charge is -2.36. The van der Waals surface area contributed by atoms with Gasteiger partial charge in [0, 0.05) is 42.2 Å². The van der Waals surface area contributed by atoms with Crippen LogP contribution in [-0.2, 0) is 0 Å². The van der Waals surface area contributed by atoms with E-state index in [0.717, 1.165) is 41.3 Å². The fraction of sp³-hybridized carbons (Fsp3) is 0.400. The van der Waals surface area contributed by atoms with Gasteiger partial charge in [-0.25, -0.2) is 4.98 Å². The number of hydrogen-bond acceptors (Lipinski definition) is 5. The Labute approximate surface area is 137 Å². The molecule has 1 aromatic heterocycles. The Morgan fingerprint density at radius 2 is 1.95 bits per heavy atom. The van der Waals surface area contributed by atoms with E-state index < -0.39 is 6.10 Å². The van der Waals surface area contributed by atoms with Crippen molar-refractivity contribution in [2.45, 2.75) is 13.0 Å². The highest BCUT2D eigenvalue weighted by atomic mass is 79.9. The molecule has 1 aliphatic heterocycles. The van der Waals surface area contributed by atoms with Crippen LogP contribution < -0.4 is 9.80 Å². The highest BCUT2D eigenvalue weighted by Crippen LogP contribution is 2.30. The second-order valence-electron chi connectivity index (χ2n) is 5.18. The summed E-state index contributed by atoms with van der Waals surface area (Å²) < 4.78 is 1.04. The van der Waals surface area contributed by atoms with Gasteiger partial charge in [-0.3, -0.25) is 0 Å². The van der Waals surface area contributed by atoms with E-state index in [4.69, 9.17) is 0 Å². The van der Waals surface area contributed by atoms with Gasteiger partial charge in [0.25, 0.3) is 0 Å². The van der Waals surface area contributed by atoms with E-state index in [1.807, 2.05) is 23.7 Å². The number of halogens is 1. The summed E-state index contributed by atoms with van der Waals surface area (Å²) in [7, 11) is 0. The molecule has 2 heterocycles. The van der Waals surface area contributed by atoms with Crippen molar-refractivity contribution >= 4 is 38.1 Å². The molecule has 1 N–H and O–H groups in total. The molecule has 2 aromatic rings. The summed E-state index contributed by atoms with van der Waals surface area (Å²) >= 11 is 5.32. The highest BCUT2D eigenvalue weighted by Gasteiger charge is 2.20. The molecule has 0 amide bonds. The van der Waals surface area contributed by atoms with E-state index in [2.05, 4.69) is 36.8 Å². The van der Waals surface area contributed by atoms with Crippen LogP contribution in [0.5, 0.6) is 0 Å². The van der Waals surface area contributed by atoms with E-state index in [1.54, 1.807) is 18.3 Å². The van der Waals surface area contributed by atoms with Gasteiger partial charge in [0.05, 0.1) is 11.8 Å². The Bertz CT molecular complexity index is 595. The molecule has 1 aromatic carbocycles. The number of rotatable bonds is 3. The van der Waals surface area contributed by atoms with Crippen LogP contribution in [0.3, 0.4) is 0 Å². The third-order valence-electron chi connectivity index (χ3n) is 3.76. The molecule has 1 aliphatic rings. The van der Waals surface area contributed by atoms with Crippen molar-refractivity contribution in [1.29, 1.82) is 0 Å². The lowest BCUT2D eigenvalue weighted by Crippen LogP contribution is -2.46. The zero-order valence-electron chi connectivity index (χ0n) is 11.9. The summed E-state index contributed by atoms with van der Waals surface area (Å²) in [6.45, 7) is 5.71. The van der Waals surface area contributed by atoms with Crippen LogP contribution in [0, 0.1) is 0 Å². The molecule has 4 nitrogen and oxygen atoms in total. The maximum Gasteiger partial charge on any atom is 0.185 e. The van der Waals surface area contributed by atoms with E-state index in [0.29, 0.717) is 0 Å². The summed E-state index contributed by atoms with van der Waals surface area (Å²) in [5.74, 6) is 0. The van der Waals surface area contributed by atoms with Crippen molar-refractivity contribution in [3.8, 4) is 0 Å². The number of anilines is 2. The average molecular weight is 368 g/mol. The van der Waals surface area contributed by atoms with Gasteiger partial charge in [0.15, 0.2) is 5.13 Å². The number of aliphatic hydroxyl groups is 1. The Morgan fingerprint density at radius 3 is 2.52 bits per heavy atom. The van der Waals surface area contributed by atoms with E-state index in [-0.39, 0.29) is 0 Å². The predicted molar refractivity (Wildman–Crippen MR) is 91.3 cm³/mol. The maximum absolute atomic E-state index is 9.64. The standard InChI is InChI=1S/C15H18BrN3OS/c1-11(20)12-2-3-14(13(16)10-12)18-5-7-19(8-6-18)15-17-4-9-21-15/h2-4,9-11,20H,5-8H2,1H3/t11-/m1/s1. The molecule has 1 fully saturated rings. The van der Waals surface area contributed by atoms with Crippen molar-refractivity contribution in [3.05, 3.63) is 39.8 Å². The molecule has 0 radical (unpaired) electrons. The Morgan fingerprint density at radius 1 is 1.24 bits per heavy atom. The van der Waals surface area contributed by atoms with Gasteiger partial charge in [-0.1, -0.05) is 6.07 Å². The van der Waals surface area contributed by atoms with Crippen LogP contribution in [0.15, 0.2) is 34.2 Å². The SMILES string of the molecule is C[C@@H](O)c1ccc(N2CCN(c3nccs3)CC2)c(Br)c1. The first-order chi connectivity index (χ1) is 10.1. The van der Waals surface area contributed by atoms with Crippen LogP contribution in [0.4, 0.5) is 10.8 Å². The van der Waals surface area contributed by atoms with Crippen LogP contribution in [0.25, 0.3) is 0 Å². The molecular formula is C15H18BrN3OS. The number of thiazole rings is 1. The van der Waals surface area contributed by atoms with Crippen molar-refractivity contribution in [1.82, 2.24) is 4.98 Å². The third-order valence-corrected chi connectivity index (χ3v) is 5.23. The lowest BCUT2D eigenvalue weighted by molar-refractivity contribution is 0.199. The molecule has 0 saturated carbocycles. The fourth-order valence-corrected chi connectivity index (χ4v) is 3.89. The smallest absolute Gasteiger partial charge is 0.185 e. The maximum atomic E-state index is 9.64. The van der Waals surface area contributed by atoms with Crippen molar-refractivity contribution in [2.24, 2.45) is 0 Å². The quantitative estimate of drug-likeness (QED) is 0.903. The minimum Gasteiger partial charge on any atom is -0.389 e. The van der Waals surface area contributed by atoms with Gasteiger partial charge in [-0.15, -0.1) is 11.3 Å². The Balaban J connectivity index is 1.69. The van der Waals surface area contributed by atoms with E-state index in [1.165, 1.54) is 5.69 Å². The summed E-state index contributed by atoms with van der Waals surface area (Å²) in [4.78, 5) is 9.08. The van der Waals surface area contributed by atoms with E-state index in [9.17, 15) is 5.11 Å². The molecule has 0 spiro atoms. The molecule has 1 saturated heterocycles. The molecular weight excluding hydrogens is 350 g/mol. The Hall–Kier alpha value is -1.11. The minimum atomic E-state index is -0.433. The molecule has 112 valence electrons. The first-order valence-corrected chi connectivity index (χ1v) is 8.69. The first-order valence-electron chi connectivity index (χ1n) is 7.02. The molecule has 0 bridgehead atoms. The number of aromatic nitrogens is 1. The van der Waals surface area contributed by atoms with Crippen LogP contribution in [0.1, 0.15) is 18.6 Å². The van der Waals surface area contributed by atoms with Crippen molar-refractivity contribution < 1.29 is 5.11 Å². The topological polar surface area (TPSA) is 39.6 Å². The molecule has 6 heteroatoms. The monoisotopic (exact) mass is 367 g/mol. The number of hydrogen-bond donors (Lipinski definition) is 1. The highest BCUT2D eigenvalue weighted by molar-refractivity contribution is 9.10.